The summed E-state index contributed by atoms with van der Waals surface area (Å²) in [6, 6.07) is 122. The Bertz CT molecular complexity index is 6410. The number of hydrogen-bond donors (Lipinski definition) is 0. The van der Waals surface area contributed by atoms with Crippen molar-refractivity contribution in [2.75, 3.05) is 0 Å². The Morgan fingerprint density at radius 1 is 0.298 bits per heavy atom. The third-order valence-electron chi connectivity index (χ3n) is 23.0. The zero-order valence-electron chi connectivity index (χ0n) is 56.8. The van der Waals surface area contributed by atoms with Crippen LogP contribution in [0.15, 0.2) is 348 Å². The Morgan fingerprint density at radius 3 is 1.50 bits per heavy atom. The zero-order chi connectivity index (χ0) is 68.6. The van der Waals surface area contributed by atoms with Crippen LogP contribution in [-0.4, -0.2) is 15.0 Å². The van der Waals surface area contributed by atoms with E-state index >= 15 is 0 Å². The molecule has 0 saturated carbocycles. The van der Waals surface area contributed by atoms with E-state index in [1.54, 1.807) is 0 Å². The maximum Gasteiger partial charge on any atom is 0.160 e. The van der Waals surface area contributed by atoms with Crippen LogP contribution in [0.5, 0.6) is 11.5 Å². The van der Waals surface area contributed by atoms with Crippen molar-refractivity contribution in [2.45, 2.75) is 39.9 Å². The average molecular weight is 1340 g/mol. The molecule has 5 aliphatic rings. The van der Waals surface area contributed by atoms with Crippen LogP contribution in [0.25, 0.3) is 134 Å². The second-order valence-electron chi connectivity index (χ2n) is 28.7. The highest BCUT2D eigenvalue weighted by Crippen LogP contribution is 2.68. The highest BCUT2D eigenvalue weighted by Gasteiger charge is 2.54. The highest BCUT2D eigenvalue weighted by atomic mass is 32.2. The van der Waals surface area contributed by atoms with E-state index in [1.165, 1.54) is 93.2 Å². The van der Waals surface area contributed by atoms with Crippen molar-refractivity contribution in [3.05, 3.63) is 389 Å². The SMILES string of the molecule is CC1(C)c2ccc3c(c2-c2cccc(-c4cc(-c5ccccc5)cc(-c5ccccc5)n4)c21)Sc1ccccc1C31c2ccccc2-c2cc(-c3ccc(-c4nc(-c5ccccc5)cc(-c5ccc6oc7ccc8c(c7c6c5)Oc5ccccc5C85c6ccccc6-c6ccccc65)n4)cc3)ccc21. The van der Waals surface area contributed by atoms with Crippen molar-refractivity contribution >= 4 is 33.7 Å². The molecule has 0 amide bonds. The minimum absolute atomic E-state index is 0.340. The molecule has 3 aromatic heterocycles. The number of benzene rings is 14. The lowest BCUT2D eigenvalue weighted by molar-refractivity contribution is 0.441. The van der Waals surface area contributed by atoms with Crippen LogP contribution in [0.4, 0.5) is 0 Å². The number of pyridine rings is 1. The normalized spacial score (nSPS) is 15.2. The van der Waals surface area contributed by atoms with E-state index in [9.17, 15) is 0 Å². The number of ether oxygens (including phenoxy) is 1. The molecule has 1 atom stereocenters. The molecule has 22 rings (SSSR count). The lowest BCUT2D eigenvalue weighted by Crippen LogP contribution is -2.32. The standard InChI is InChI=1S/C98H61N3O2S/c1-96(2)79-48-49-81-94(90(79)70-33-22-32-69(92(70)96)85-56-65(58-23-6-3-7-24-58)55-82(99-85)60-25-8-4-9-26-60)104-89-40-21-19-38-78(89)98(81)75-36-17-14-31-68(75)71-53-63(45-47-76(71)98)59-41-43-62(44-42-59)95-100-83(61-27-10-5-11-28-61)57-84(101-95)64-46-51-86-72(54-64)91-88(102-86)52-50-80-93(91)103-87-39-20-18-37-77(87)97(80)73-34-15-12-29-66(73)67-30-13-16-35-74(67)97/h3-57H,1-2H3. The Balaban J connectivity index is 0.651. The van der Waals surface area contributed by atoms with Crippen LogP contribution in [0.2, 0.25) is 0 Å². The number of aromatic nitrogens is 3. The van der Waals surface area contributed by atoms with Crippen LogP contribution in [-0.2, 0) is 16.2 Å². The molecule has 486 valence electrons. The van der Waals surface area contributed by atoms with E-state index in [4.69, 9.17) is 24.1 Å². The summed E-state index contributed by atoms with van der Waals surface area (Å²) < 4.78 is 14.0. The zero-order valence-corrected chi connectivity index (χ0v) is 57.6. The minimum atomic E-state index is -0.608. The number of rotatable bonds is 7. The summed E-state index contributed by atoms with van der Waals surface area (Å²) in [5, 5.41) is 1.89. The van der Waals surface area contributed by atoms with Crippen molar-refractivity contribution in [3.8, 4) is 124 Å². The number of para-hydroxylation sites is 1. The molecule has 0 saturated heterocycles. The number of furan rings is 1. The van der Waals surface area contributed by atoms with Gasteiger partial charge < -0.3 is 9.15 Å². The Morgan fingerprint density at radius 2 is 0.788 bits per heavy atom. The van der Waals surface area contributed by atoms with Crippen molar-refractivity contribution in [1.29, 1.82) is 0 Å². The molecule has 104 heavy (non-hydrogen) atoms. The summed E-state index contributed by atoms with van der Waals surface area (Å²) in [6.07, 6.45) is 0. The van der Waals surface area contributed by atoms with E-state index in [2.05, 4.69) is 341 Å². The fourth-order valence-corrected chi connectivity index (χ4v) is 19.9. The van der Waals surface area contributed by atoms with E-state index in [-0.39, 0.29) is 5.41 Å². The van der Waals surface area contributed by atoms with E-state index < -0.39 is 10.8 Å². The van der Waals surface area contributed by atoms with Gasteiger partial charge in [-0.05, 0) is 161 Å². The molecule has 6 heteroatoms. The van der Waals surface area contributed by atoms with Gasteiger partial charge in [-0.25, -0.2) is 15.0 Å². The molecule has 5 heterocycles. The van der Waals surface area contributed by atoms with Gasteiger partial charge in [0.2, 0.25) is 0 Å². The fourth-order valence-electron chi connectivity index (χ4n) is 18.6. The van der Waals surface area contributed by atoms with Crippen molar-refractivity contribution < 1.29 is 9.15 Å². The molecular weight excluding hydrogens is 1280 g/mol. The number of hydrogen-bond acceptors (Lipinski definition) is 6. The van der Waals surface area contributed by atoms with Crippen LogP contribution in [0.3, 0.4) is 0 Å². The van der Waals surface area contributed by atoms with Crippen LogP contribution in [0, 0.1) is 0 Å². The first kappa shape index (κ1) is 59.0. The first-order valence-corrected chi connectivity index (χ1v) is 36.6. The molecule has 0 bridgehead atoms. The second-order valence-corrected chi connectivity index (χ2v) is 29.8. The maximum atomic E-state index is 7.18. The van der Waals surface area contributed by atoms with Crippen molar-refractivity contribution in [2.24, 2.45) is 0 Å². The largest absolute Gasteiger partial charge is 0.456 e. The maximum absolute atomic E-state index is 7.18. The molecule has 2 aliphatic heterocycles. The molecule has 3 aliphatic carbocycles. The topological polar surface area (TPSA) is 61.0 Å². The molecule has 0 radical (unpaired) electrons. The van der Waals surface area contributed by atoms with Gasteiger partial charge >= 0.3 is 0 Å². The summed E-state index contributed by atoms with van der Waals surface area (Å²) in [4.78, 5) is 18.9. The Kier molecular flexibility index (Phi) is 12.6. The smallest absolute Gasteiger partial charge is 0.160 e. The highest BCUT2D eigenvalue weighted by molar-refractivity contribution is 7.99. The summed E-state index contributed by atoms with van der Waals surface area (Å²) in [7, 11) is 0. The fraction of sp³-hybridized carbons (Fsp3) is 0.0510. The van der Waals surface area contributed by atoms with Gasteiger partial charge in [0.15, 0.2) is 5.82 Å². The second kappa shape index (κ2) is 22.1. The molecule has 2 spiro atoms. The number of fused-ring (bicyclic) bond motifs is 26. The summed E-state index contributed by atoms with van der Waals surface area (Å²) in [5.41, 5.74) is 33.4. The van der Waals surface area contributed by atoms with Crippen molar-refractivity contribution in [1.82, 2.24) is 15.0 Å². The van der Waals surface area contributed by atoms with Gasteiger partial charge in [-0.15, -0.1) is 0 Å². The summed E-state index contributed by atoms with van der Waals surface area (Å²) >= 11 is 1.93. The monoisotopic (exact) mass is 1340 g/mol. The molecule has 0 N–H and O–H groups in total. The van der Waals surface area contributed by atoms with Crippen LogP contribution in [0.1, 0.15) is 69.5 Å². The van der Waals surface area contributed by atoms with E-state index in [1.807, 2.05) is 17.8 Å². The lowest BCUT2D eigenvalue weighted by Gasteiger charge is -2.40. The third kappa shape index (κ3) is 8.25. The summed E-state index contributed by atoms with van der Waals surface area (Å²) in [5.74, 6) is 2.28. The molecular formula is C98H61N3O2S. The van der Waals surface area contributed by atoms with Gasteiger partial charge in [0.25, 0.3) is 0 Å². The third-order valence-corrected chi connectivity index (χ3v) is 24.2. The molecule has 0 fully saturated rings. The Labute approximate surface area is 606 Å². The quantitative estimate of drug-likeness (QED) is 0.158. The van der Waals surface area contributed by atoms with Gasteiger partial charge in [-0.2, -0.15) is 0 Å². The van der Waals surface area contributed by atoms with Gasteiger partial charge in [0, 0.05) is 65.1 Å². The van der Waals surface area contributed by atoms with Crippen LogP contribution >= 0.6 is 11.8 Å². The Hall–Kier alpha value is -12.7. The van der Waals surface area contributed by atoms with Gasteiger partial charge in [0.05, 0.1) is 39.0 Å². The molecule has 14 aromatic carbocycles. The predicted octanol–water partition coefficient (Wildman–Crippen LogP) is 25.0. The first-order chi connectivity index (χ1) is 51.3. The molecule has 5 nitrogen and oxygen atoms in total. The molecule has 17 aromatic rings. The average Bonchev–Trinajstić information content (AvgIpc) is 1.49. The van der Waals surface area contributed by atoms with Crippen molar-refractivity contribution in [3.63, 3.8) is 0 Å². The van der Waals surface area contributed by atoms with Gasteiger partial charge in [0.1, 0.15) is 22.7 Å². The van der Waals surface area contributed by atoms with E-state index in [0.29, 0.717) is 5.82 Å². The first-order valence-electron chi connectivity index (χ1n) is 35.8. The van der Waals surface area contributed by atoms with Gasteiger partial charge in [-0.3, -0.25) is 0 Å². The van der Waals surface area contributed by atoms with Crippen LogP contribution < -0.4 is 4.74 Å². The van der Waals surface area contributed by atoms with E-state index in [0.717, 1.165) is 112 Å². The molecule has 1 unspecified atom stereocenters. The number of nitrogens with zero attached hydrogens (tertiary/aromatic N) is 3. The summed E-state index contributed by atoms with van der Waals surface area (Å²) in [6.45, 7) is 4.83. The lowest BCUT2D eigenvalue weighted by atomic mass is 9.66. The predicted molar refractivity (Wildman–Crippen MR) is 422 cm³/mol. The minimum Gasteiger partial charge on any atom is -0.456 e. The van der Waals surface area contributed by atoms with Gasteiger partial charge in [-0.1, -0.05) is 293 Å².